The van der Waals surface area contributed by atoms with E-state index in [1.807, 2.05) is 14.0 Å². The molecule has 1 atom stereocenters. The number of hydrogen-bond donors (Lipinski definition) is 1. The van der Waals surface area contributed by atoms with Crippen molar-refractivity contribution >= 4 is 11.6 Å². The number of carbonyl (C=O) groups excluding carboxylic acids is 1. The minimum absolute atomic E-state index is 0.00380. The average molecular weight is 271 g/mol. The summed E-state index contributed by atoms with van der Waals surface area (Å²) in [6.45, 7) is 1.94. The summed E-state index contributed by atoms with van der Waals surface area (Å²) in [5.74, 6) is 0.00380. The fraction of sp³-hybridized carbons (Fsp3) is 0.500. The zero-order chi connectivity index (χ0) is 14.5. The predicted octanol–water partition coefficient (Wildman–Crippen LogP) is 2.76. The number of carbonyl (C=O) groups is 1. The molecule has 1 N–H and O–H groups in total. The Bertz CT molecular complexity index is 497. The Morgan fingerprint density at radius 2 is 1.95 bits per heavy atom. The highest BCUT2D eigenvalue weighted by Crippen LogP contribution is 2.24. The molecule has 0 bridgehead atoms. The molecule has 106 valence electrons. The van der Waals surface area contributed by atoms with Gasteiger partial charge in [-0.25, -0.2) is 0 Å². The van der Waals surface area contributed by atoms with Crippen molar-refractivity contribution in [1.82, 2.24) is 4.90 Å². The summed E-state index contributed by atoms with van der Waals surface area (Å²) < 4.78 is 0. The third-order valence-electron chi connectivity index (χ3n) is 4.17. The second-order valence-electron chi connectivity index (χ2n) is 5.46. The van der Waals surface area contributed by atoms with E-state index in [1.165, 1.54) is 25.7 Å². The molecular formula is C16H21N3O. The summed E-state index contributed by atoms with van der Waals surface area (Å²) in [5, 5.41) is 11.7. The standard InChI is InChI=1S/C16H21N3O/c1-12(19(2)15-5-3-4-6-15)16(20)18-14-9-7-13(11-17)8-10-14/h7-10,12,15H,3-6H2,1-2H3,(H,18,20). The zero-order valence-electron chi connectivity index (χ0n) is 12.1. The Hall–Kier alpha value is -1.86. The first-order valence-electron chi connectivity index (χ1n) is 7.15. The van der Waals surface area contributed by atoms with E-state index < -0.39 is 0 Å². The number of benzene rings is 1. The SMILES string of the molecule is CC(C(=O)Nc1ccc(C#N)cc1)N(C)C1CCCC1. The third-order valence-corrected chi connectivity index (χ3v) is 4.17. The van der Waals surface area contributed by atoms with Gasteiger partial charge in [-0.15, -0.1) is 0 Å². The van der Waals surface area contributed by atoms with Gasteiger partial charge in [0.25, 0.3) is 0 Å². The van der Waals surface area contributed by atoms with Crippen molar-refractivity contribution in [3.05, 3.63) is 29.8 Å². The average Bonchev–Trinajstić information content (AvgIpc) is 3.00. The highest BCUT2D eigenvalue weighted by Gasteiger charge is 2.26. The van der Waals surface area contributed by atoms with E-state index in [0.717, 1.165) is 5.69 Å². The zero-order valence-corrected chi connectivity index (χ0v) is 12.1. The van der Waals surface area contributed by atoms with Gasteiger partial charge < -0.3 is 5.32 Å². The van der Waals surface area contributed by atoms with Crippen molar-refractivity contribution in [2.45, 2.75) is 44.7 Å². The molecule has 0 radical (unpaired) electrons. The van der Waals surface area contributed by atoms with Crippen molar-refractivity contribution in [3.8, 4) is 6.07 Å². The summed E-state index contributed by atoms with van der Waals surface area (Å²) in [7, 11) is 2.03. The van der Waals surface area contributed by atoms with Gasteiger partial charge in [-0.2, -0.15) is 5.26 Å². The number of nitrogens with zero attached hydrogens (tertiary/aromatic N) is 2. The van der Waals surface area contributed by atoms with E-state index in [-0.39, 0.29) is 11.9 Å². The van der Waals surface area contributed by atoms with Crippen LogP contribution >= 0.6 is 0 Å². The van der Waals surface area contributed by atoms with Gasteiger partial charge in [-0.1, -0.05) is 12.8 Å². The molecule has 2 rings (SSSR count). The van der Waals surface area contributed by atoms with Crippen LogP contribution in [-0.4, -0.2) is 29.9 Å². The second-order valence-corrected chi connectivity index (χ2v) is 5.46. The number of rotatable bonds is 4. The van der Waals surface area contributed by atoms with Crippen molar-refractivity contribution in [2.75, 3.05) is 12.4 Å². The van der Waals surface area contributed by atoms with E-state index in [9.17, 15) is 4.79 Å². The van der Waals surface area contributed by atoms with E-state index in [2.05, 4.69) is 16.3 Å². The lowest BCUT2D eigenvalue weighted by atomic mass is 10.1. The van der Waals surface area contributed by atoms with Crippen LogP contribution in [0.3, 0.4) is 0 Å². The molecule has 1 aromatic carbocycles. The summed E-state index contributed by atoms with van der Waals surface area (Å²) in [5.41, 5.74) is 1.33. The Morgan fingerprint density at radius 1 is 1.35 bits per heavy atom. The molecule has 1 saturated carbocycles. The van der Waals surface area contributed by atoms with Gasteiger partial charge in [0.15, 0.2) is 0 Å². The first-order chi connectivity index (χ1) is 9.61. The first kappa shape index (κ1) is 14.5. The highest BCUT2D eigenvalue weighted by atomic mass is 16.2. The Morgan fingerprint density at radius 3 is 2.50 bits per heavy atom. The van der Waals surface area contributed by atoms with Gasteiger partial charge in [-0.05, 0) is 51.1 Å². The van der Waals surface area contributed by atoms with E-state index in [0.29, 0.717) is 11.6 Å². The van der Waals surface area contributed by atoms with Crippen LogP contribution in [0.5, 0.6) is 0 Å². The summed E-state index contributed by atoms with van der Waals surface area (Å²) in [6, 6.07) is 9.39. The maximum absolute atomic E-state index is 12.2. The number of likely N-dealkylation sites (N-methyl/N-ethyl adjacent to an activating group) is 1. The lowest BCUT2D eigenvalue weighted by Crippen LogP contribution is -2.44. The molecule has 0 heterocycles. The Kier molecular flexibility index (Phi) is 4.75. The quantitative estimate of drug-likeness (QED) is 0.916. The molecule has 4 nitrogen and oxygen atoms in total. The van der Waals surface area contributed by atoms with Crippen LogP contribution in [0.1, 0.15) is 38.2 Å². The molecule has 0 saturated heterocycles. The predicted molar refractivity (Wildman–Crippen MR) is 79.3 cm³/mol. The van der Waals surface area contributed by atoms with Crippen LogP contribution < -0.4 is 5.32 Å². The van der Waals surface area contributed by atoms with Crippen LogP contribution in [-0.2, 0) is 4.79 Å². The minimum atomic E-state index is -0.145. The lowest BCUT2D eigenvalue weighted by Gasteiger charge is -2.29. The maximum atomic E-state index is 12.2. The van der Waals surface area contributed by atoms with Crippen LogP contribution in [0.2, 0.25) is 0 Å². The van der Waals surface area contributed by atoms with Crippen LogP contribution in [0.4, 0.5) is 5.69 Å². The van der Waals surface area contributed by atoms with Crippen LogP contribution in [0.15, 0.2) is 24.3 Å². The molecule has 0 aromatic heterocycles. The smallest absolute Gasteiger partial charge is 0.241 e. The van der Waals surface area contributed by atoms with Gasteiger partial charge in [0, 0.05) is 11.7 Å². The summed E-state index contributed by atoms with van der Waals surface area (Å²) in [4.78, 5) is 14.4. The van der Waals surface area contributed by atoms with Gasteiger partial charge in [-0.3, -0.25) is 9.69 Å². The normalized spacial score (nSPS) is 16.9. The van der Waals surface area contributed by atoms with Gasteiger partial charge in [0.1, 0.15) is 0 Å². The number of nitrogens with one attached hydrogen (secondary N) is 1. The molecular weight excluding hydrogens is 250 g/mol. The fourth-order valence-corrected chi connectivity index (χ4v) is 2.69. The second kappa shape index (κ2) is 6.53. The van der Waals surface area contributed by atoms with Gasteiger partial charge >= 0.3 is 0 Å². The topological polar surface area (TPSA) is 56.1 Å². The van der Waals surface area contributed by atoms with Gasteiger partial charge in [0.05, 0.1) is 17.7 Å². The number of anilines is 1. The molecule has 1 aromatic rings. The number of nitriles is 1. The lowest BCUT2D eigenvalue weighted by molar-refractivity contribution is -0.121. The van der Waals surface area contributed by atoms with Crippen LogP contribution in [0, 0.1) is 11.3 Å². The molecule has 0 aliphatic heterocycles. The van der Waals surface area contributed by atoms with Gasteiger partial charge in [0.2, 0.25) is 5.91 Å². The minimum Gasteiger partial charge on any atom is -0.325 e. The third kappa shape index (κ3) is 3.37. The van der Waals surface area contributed by atoms with Crippen LogP contribution in [0.25, 0.3) is 0 Å². The molecule has 1 unspecified atom stereocenters. The Balaban J connectivity index is 1.94. The number of hydrogen-bond acceptors (Lipinski definition) is 3. The van der Waals surface area contributed by atoms with E-state index >= 15 is 0 Å². The monoisotopic (exact) mass is 271 g/mol. The number of amides is 1. The molecule has 1 amide bonds. The molecule has 20 heavy (non-hydrogen) atoms. The molecule has 1 fully saturated rings. The molecule has 0 spiro atoms. The van der Waals surface area contributed by atoms with Crippen molar-refractivity contribution in [2.24, 2.45) is 0 Å². The van der Waals surface area contributed by atoms with Crippen molar-refractivity contribution in [3.63, 3.8) is 0 Å². The van der Waals surface area contributed by atoms with E-state index in [1.54, 1.807) is 24.3 Å². The van der Waals surface area contributed by atoms with E-state index in [4.69, 9.17) is 5.26 Å². The van der Waals surface area contributed by atoms with Crippen molar-refractivity contribution < 1.29 is 4.79 Å². The molecule has 1 aliphatic carbocycles. The summed E-state index contributed by atoms with van der Waals surface area (Å²) >= 11 is 0. The Labute approximate surface area is 120 Å². The highest BCUT2D eigenvalue weighted by molar-refractivity contribution is 5.94. The first-order valence-corrected chi connectivity index (χ1v) is 7.15. The molecule has 4 heteroatoms. The fourth-order valence-electron chi connectivity index (χ4n) is 2.69. The molecule has 1 aliphatic rings. The maximum Gasteiger partial charge on any atom is 0.241 e. The van der Waals surface area contributed by atoms with Crippen molar-refractivity contribution in [1.29, 1.82) is 5.26 Å². The largest absolute Gasteiger partial charge is 0.325 e. The summed E-state index contributed by atoms with van der Waals surface area (Å²) in [6.07, 6.45) is 4.90.